The van der Waals surface area contributed by atoms with Crippen LogP contribution in [0.3, 0.4) is 0 Å². The SMILES string of the molecule is C[C@@H]1C[C@@H]1C(=O)N1CC2(C[C@@H](OCc3ccccn3)CS2)C1. The lowest BCUT2D eigenvalue weighted by atomic mass is 9.92. The van der Waals surface area contributed by atoms with Crippen LogP contribution < -0.4 is 0 Å². The molecule has 1 aromatic heterocycles. The second-order valence-corrected chi connectivity index (χ2v) is 8.45. The van der Waals surface area contributed by atoms with Crippen LogP contribution in [0.2, 0.25) is 0 Å². The first-order valence-electron chi connectivity index (χ1n) is 8.09. The van der Waals surface area contributed by atoms with E-state index in [4.69, 9.17) is 4.74 Å². The lowest BCUT2D eigenvalue weighted by Crippen LogP contribution is -2.61. The van der Waals surface area contributed by atoms with E-state index >= 15 is 0 Å². The Bertz CT molecular complexity index is 559. The van der Waals surface area contributed by atoms with Crippen LogP contribution in [0.25, 0.3) is 0 Å². The molecular weight excluding hydrogens is 296 g/mol. The molecule has 5 heteroatoms. The molecule has 2 aliphatic heterocycles. The van der Waals surface area contributed by atoms with Gasteiger partial charge in [0, 0.05) is 31.0 Å². The zero-order valence-corrected chi connectivity index (χ0v) is 13.7. The van der Waals surface area contributed by atoms with Gasteiger partial charge in [0.1, 0.15) is 0 Å². The molecule has 1 aromatic rings. The molecule has 2 saturated heterocycles. The number of ether oxygens (including phenoxy) is 1. The van der Waals surface area contributed by atoms with Crippen LogP contribution in [-0.2, 0) is 16.1 Å². The van der Waals surface area contributed by atoms with E-state index in [-0.39, 0.29) is 4.75 Å². The van der Waals surface area contributed by atoms with Crippen molar-refractivity contribution in [1.29, 1.82) is 0 Å². The van der Waals surface area contributed by atoms with Crippen molar-refractivity contribution in [2.45, 2.75) is 37.2 Å². The lowest BCUT2D eigenvalue weighted by Gasteiger charge is -2.47. The first-order valence-corrected chi connectivity index (χ1v) is 9.08. The molecule has 3 aliphatic rings. The van der Waals surface area contributed by atoms with Gasteiger partial charge >= 0.3 is 0 Å². The van der Waals surface area contributed by atoms with Crippen LogP contribution in [0.1, 0.15) is 25.5 Å². The van der Waals surface area contributed by atoms with E-state index in [1.807, 2.05) is 30.0 Å². The van der Waals surface area contributed by atoms with E-state index in [0.29, 0.717) is 30.5 Å². The second kappa shape index (κ2) is 5.53. The molecule has 0 radical (unpaired) electrons. The lowest BCUT2D eigenvalue weighted by molar-refractivity contribution is -0.138. The predicted octanol–water partition coefficient (Wildman–Crippen LogP) is 2.34. The van der Waals surface area contributed by atoms with Gasteiger partial charge in [-0.25, -0.2) is 0 Å². The van der Waals surface area contributed by atoms with Crippen LogP contribution in [0.4, 0.5) is 0 Å². The highest BCUT2D eigenvalue weighted by Gasteiger charge is 2.53. The summed E-state index contributed by atoms with van der Waals surface area (Å²) in [4.78, 5) is 18.6. The van der Waals surface area contributed by atoms with Gasteiger partial charge in [-0.1, -0.05) is 13.0 Å². The van der Waals surface area contributed by atoms with Crippen LogP contribution in [0.15, 0.2) is 24.4 Å². The molecule has 0 unspecified atom stereocenters. The van der Waals surface area contributed by atoms with Crippen molar-refractivity contribution in [3.63, 3.8) is 0 Å². The number of pyridine rings is 1. The number of carbonyl (C=O) groups is 1. The third-order valence-electron chi connectivity index (χ3n) is 5.06. The van der Waals surface area contributed by atoms with Gasteiger partial charge in [-0.3, -0.25) is 9.78 Å². The fourth-order valence-corrected chi connectivity index (χ4v) is 5.07. The molecule has 0 N–H and O–H groups in total. The highest BCUT2D eigenvalue weighted by atomic mass is 32.2. The second-order valence-electron chi connectivity index (χ2n) is 6.97. The Hall–Kier alpha value is -1.07. The zero-order valence-electron chi connectivity index (χ0n) is 12.9. The number of likely N-dealkylation sites (tertiary alicyclic amines) is 1. The van der Waals surface area contributed by atoms with E-state index in [1.165, 1.54) is 0 Å². The summed E-state index contributed by atoms with van der Waals surface area (Å²) in [5.74, 6) is 2.35. The number of hydrogen-bond donors (Lipinski definition) is 0. The molecule has 1 aliphatic carbocycles. The summed E-state index contributed by atoms with van der Waals surface area (Å²) in [7, 11) is 0. The number of carbonyl (C=O) groups excluding carboxylic acids is 1. The molecule has 0 bridgehead atoms. The van der Waals surface area contributed by atoms with Gasteiger partial charge in [-0.05, 0) is 30.9 Å². The van der Waals surface area contributed by atoms with Crippen LogP contribution in [0.5, 0.6) is 0 Å². The Morgan fingerprint density at radius 1 is 1.50 bits per heavy atom. The van der Waals surface area contributed by atoms with Crippen molar-refractivity contribution in [2.75, 3.05) is 18.8 Å². The fraction of sp³-hybridized carbons (Fsp3) is 0.647. The van der Waals surface area contributed by atoms with Crippen LogP contribution in [0, 0.1) is 11.8 Å². The summed E-state index contributed by atoms with van der Waals surface area (Å²) in [6.07, 6.45) is 4.25. The normalized spacial score (nSPS) is 32.0. The minimum atomic E-state index is 0.266. The van der Waals surface area contributed by atoms with Crippen molar-refractivity contribution in [2.24, 2.45) is 11.8 Å². The largest absolute Gasteiger partial charge is 0.371 e. The first kappa shape index (κ1) is 14.5. The summed E-state index contributed by atoms with van der Waals surface area (Å²) in [5.41, 5.74) is 0.988. The average molecular weight is 318 g/mol. The smallest absolute Gasteiger partial charge is 0.226 e. The molecule has 1 saturated carbocycles. The van der Waals surface area contributed by atoms with Crippen LogP contribution >= 0.6 is 11.8 Å². The maximum Gasteiger partial charge on any atom is 0.226 e. The van der Waals surface area contributed by atoms with Gasteiger partial charge in [0.2, 0.25) is 5.91 Å². The topological polar surface area (TPSA) is 42.4 Å². The third kappa shape index (κ3) is 2.76. The zero-order chi connectivity index (χ0) is 15.2. The van der Waals surface area contributed by atoms with Gasteiger partial charge in [-0.2, -0.15) is 0 Å². The van der Waals surface area contributed by atoms with Gasteiger partial charge in [0.25, 0.3) is 0 Å². The Morgan fingerprint density at radius 2 is 2.32 bits per heavy atom. The van der Waals surface area contributed by atoms with E-state index in [1.54, 1.807) is 6.20 Å². The van der Waals surface area contributed by atoms with Gasteiger partial charge < -0.3 is 9.64 Å². The van der Waals surface area contributed by atoms with Crippen LogP contribution in [-0.4, -0.2) is 45.5 Å². The Balaban J connectivity index is 1.24. The quantitative estimate of drug-likeness (QED) is 0.854. The molecule has 118 valence electrons. The number of rotatable bonds is 4. The predicted molar refractivity (Wildman–Crippen MR) is 86.5 cm³/mol. The number of nitrogens with zero attached hydrogens (tertiary/aromatic N) is 2. The van der Waals surface area contributed by atoms with Crippen molar-refractivity contribution >= 4 is 17.7 Å². The summed E-state index contributed by atoms with van der Waals surface area (Å²) in [5, 5.41) is 0. The monoisotopic (exact) mass is 318 g/mol. The molecule has 3 fully saturated rings. The Morgan fingerprint density at radius 3 is 3.00 bits per heavy atom. The van der Waals surface area contributed by atoms with E-state index in [0.717, 1.165) is 37.4 Å². The molecule has 3 heterocycles. The number of thioether (sulfide) groups is 1. The highest BCUT2D eigenvalue weighted by Crippen LogP contribution is 2.48. The van der Waals surface area contributed by atoms with Gasteiger partial charge in [0.15, 0.2) is 0 Å². The van der Waals surface area contributed by atoms with Crippen molar-refractivity contribution < 1.29 is 9.53 Å². The summed E-state index contributed by atoms with van der Waals surface area (Å²) >= 11 is 1.99. The molecule has 1 amide bonds. The van der Waals surface area contributed by atoms with E-state index < -0.39 is 0 Å². The van der Waals surface area contributed by atoms with E-state index in [2.05, 4.69) is 16.8 Å². The molecular formula is C17H22N2O2S. The van der Waals surface area contributed by atoms with Crippen molar-refractivity contribution in [1.82, 2.24) is 9.88 Å². The first-order chi connectivity index (χ1) is 10.7. The minimum Gasteiger partial charge on any atom is -0.371 e. The fourth-order valence-electron chi connectivity index (χ4n) is 3.52. The molecule has 22 heavy (non-hydrogen) atoms. The van der Waals surface area contributed by atoms with Crippen molar-refractivity contribution in [3.05, 3.63) is 30.1 Å². The Labute approximate surface area is 135 Å². The van der Waals surface area contributed by atoms with Gasteiger partial charge in [-0.15, -0.1) is 11.8 Å². The standard InChI is InChI=1S/C17H22N2O2S/c1-12-6-15(12)16(20)19-10-17(11-19)7-14(9-22-17)21-8-13-4-2-3-5-18-13/h2-5,12,14-15H,6-11H2,1H3/t12-,14-,15+/m1/s1. The number of hydrogen-bond acceptors (Lipinski definition) is 4. The Kier molecular flexibility index (Phi) is 3.65. The van der Waals surface area contributed by atoms with Crippen molar-refractivity contribution in [3.8, 4) is 0 Å². The summed E-state index contributed by atoms with van der Waals surface area (Å²) in [6.45, 7) is 4.60. The average Bonchev–Trinajstić information content (AvgIpc) is 3.08. The third-order valence-corrected chi connectivity index (χ3v) is 6.64. The molecule has 4 nitrogen and oxygen atoms in total. The summed E-state index contributed by atoms with van der Waals surface area (Å²) in [6, 6.07) is 5.91. The minimum absolute atomic E-state index is 0.266. The highest BCUT2D eigenvalue weighted by molar-refractivity contribution is 8.01. The maximum atomic E-state index is 12.2. The molecule has 1 spiro atoms. The maximum absolute atomic E-state index is 12.2. The molecule has 4 rings (SSSR count). The summed E-state index contributed by atoms with van der Waals surface area (Å²) < 4.78 is 6.27. The number of amides is 1. The van der Waals surface area contributed by atoms with Gasteiger partial charge in [0.05, 0.1) is 23.2 Å². The number of aromatic nitrogens is 1. The molecule has 0 aromatic carbocycles. The molecule has 3 atom stereocenters. The van der Waals surface area contributed by atoms with E-state index in [9.17, 15) is 4.79 Å².